The number of fused-ring (bicyclic) bond motifs is 1. The molecule has 1 atom stereocenters. The summed E-state index contributed by atoms with van der Waals surface area (Å²) in [6.45, 7) is 0. The second-order valence-corrected chi connectivity index (χ2v) is 7.58. The Labute approximate surface area is 154 Å². The Balaban J connectivity index is 2.06. The fourth-order valence-corrected chi connectivity index (χ4v) is 3.31. The van der Waals surface area contributed by atoms with E-state index in [1.807, 2.05) is 0 Å². The molecule has 0 saturated carbocycles. The molecule has 2 N–H and O–H groups in total. The summed E-state index contributed by atoms with van der Waals surface area (Å²) in [6, 6.07) is 4.23. The van der Waals surface area contributed by atoms with Crippen LogP contribution in [0, 0.1) is 11.6 Å². The van der Waals surface area contributed by atoms with E-state index in [1.165, 1.54) is 4.72 Å². The molecule has 0 saturated heterocycles. The smallest absolute Gasteiger partial charge is 0.355 e. The molecule has 152 valence electrons. The maximum absolute atomic E-state index is 14.0. The Morgan fingerprint density at radius 2 is 1.82 bits per heavy atom. The van der Waals surface area contributed by atoms with Crippen LogP contribution in [0.5, 0.6) is 11.5 Å². The van der Waals surface area contributed by atoms with Crippen LogP contribution >= 0.6 is 0 Å². The molecule has 0 heterocycles. The second kappa shape index (κ2) is 6.85. The lowest BCUT2D eigenvalue weighted by molar-refractivity contribution is -0.0966. The van der Waals surface area contributed by atoms with Gasteiger partial charge >= 0.3 is 5.76 Å². The SMILES string of the molecule is O=S(=O)(Nc1ccc(Oc2ccc(F)c(F)c2)c2c1[C@H](O)C(F)(F)C2)C(F)F. The van der Waals surface area contributed by atoms with Gasteiger partial charge in [0.1, 0.15) is 17.6 Å². The monoisotopic (exact) mass is 427 g/mol. The summed E-state index contributed by atoms with van der Waals surface area (Å²) in [5.74, 6) is -10.6. The normalized spacial score (nSPS) is 18.2. The Morgan fingerprint density at radius 1 is 1.14 bits per heavy atom. The zero-order valence-electron chi connectivity index (χ0n) is 13.6. The van der Waals surface area contributed by atoms with E-state index in [-0.39, 0.29) is 17.1 Å². The molecule has 5 nitrogen and oxygen atoms in total. The minimum atomic E-state index is -5.19. The zero-order chi connectivity index (χ0) is 20.9. The summed E-state index contributed by atoms with van der Waals surface area (Å²) < 4.78 is 109. The summed E-state index contributed by atoms with van der Waals surface area (Å²) in [4.78, 5) is 0. The average Bonchev–Trinajstić information content (AvgIpc) is 2.83. The molecule has 1 aliphatic rings. The number of alkyl halides is 4. The maximum atomic E-state index is 14.0. The van der Waals surface area contributed by atoms with E-state index < -0.39 is 57.1 Å². The van der Waals surface area contributed by atoms with Gasteiger partial charge in [0.05, 0.1) is 5.69 Å². The first-order valence-corrected chi connectivity index (χ1v) is 9.11. The zero-order valence-corrected chi connectivity index (χ0v) is 14.4. The number of benzene rings is 2. The van der Waals surface area contributed by atoms with Gasteiger partial charge < -0.3 is 9.84 Å². The van der Waals surface area contributed by atoms with E-state index in [9.17, 15) is 39.9 Å². The third-order valence-electron chi connectivity index (χ3n) is 4.01. The predicted octanol–water partition coefficient (Wildman–Crippen LogP) is 3.95. The van der Waals surface area contributed by atoms with Crippen molar-refractivity contribution in [2.24, 2.45) is 0 Å². The standard InChI is InChI=1S/C16H11F6NO4S/c17-9-2-1-7(5-10(9)18)27-12-4-3-11(23-28(25,26)15(19)20)13-8(12)6-16(21,22)14(13)24/h1-5,14-15,23-24H,6H2/t14-/m0/s1. The lowest BCUT2D eigenvalue weighted by Gasteiger charge is -2.17. The molecule has 0 unspecified atom stereocenters. The fourth-order valence-electron chi connectivity index (χ4n) is 2.73. The molecule has 0 spiro atoms. The van der Waals surface area contributed by atoms with Gasteiger partial charge in [-0.3, -0.25) is 4.72 Å². The van der Waals surface area contributed by atoms with Gasteiger partial charge in [0, 0.05) is 23.6 Å². The maximum Gasteiger partial charge on any atom is 0.355 e. The molecular formula is C16H11F6NO4S. The van der Waals surface area contributed by atoms with Gasteiger partial charge in [0.25, 0.3) is 15.9 Å². The van der Waals surface area contributed by atoms with Gasteiger partial charge in [-0.15, -0.1) is 0 Å². The Hall–Kier alpha value is -2.47. The third-order valence-corrected chi connectivity index (χ3v) is 4.98. The number of ether oxygens (including phenoxy) is 1. The first kappa shape index (κ1) is 20.3. The third kappa shape index (κ3) is 3.61. The van der Waals surface area contributed by atoms with Gasteiger partial charge in [0.15, 0.2) is 11.6 Å². The van der Waals surface area contributed by atoms with Crippen molar-refractivity contribution in [1.29, 1.82) is 0 Å². The van der Waals surface area contributed by atoms with Crippen LogP contribution in [0.2, 0.25) is 0 Å². The van der Waals surface area contributed by atoms with Crippen LogP contribution in [0.1, 0.15) is 17.2 Å². The minimum Gasteiger partial charge on any atom is -0.457 e. The number of aliphatic hydroxyl groups excluding tert-OH is 1. The van der Waals surface area contributed by atoms with E-state index in [4.69, 9.17) is 4.74 Å². The molecule has 0 amide bonds. The number of halogens is 6. The van der Waals surface area contributed by atoms with Crippen molar-refractivity contribution in [3.8, 4) is 11.5 Å². The van der Waals surface area contributed by atoms with E-state index >= 15 is 0 Å². The number of hydrogen-bond acceptors (Lipinski definition) is 4. The lowest BCUT2D eigenvalue weighted by Crippen LogP contribution is -2.24. The van der Waals surface area contributed by atoms with Crippen molar-refractivity contribution < 1.29 is 44.6 Å². The van der Waals surface area contributed by atoms with Gasteiger partial charge in [-0.25, -0.2) is 26.0 Å². The van der Waals surface area contributed by atoms with E-state index in [0.717, 1.165) is 24.3 Å². The fraction of sp³-hybridized carbons (Fsp3) is 0.250. The molecule has 0 aromatic heterocycles. The van der Waals surface area contributed by atoms with Crippen LogP contribution in [0.4, 0.5) is 32.0 Å². The Kier molecular flexibility index (Phi) is 4.96. The molecule has 0 aliphatic heterocycles. The van der Waals surface area contributed by atoms with Gasteiger partial charge in [-0.2, -0.15) is 8.78 Å². The van der Waals surface area contributed by atoms with Crippen LogP contribution in [0.3, 0.4) is 0 Å². The summed E-state index contributed by atoms with van der Waals surface area (Å²) in [5, 5.41) is 9.86. The number of hydrogen-bond donors (Lipinski definition) is 2. The average molecular weight is 427 g/mol. The molecule has 1 aliphatic carbocycles. The topological polar surface area (TPSA) is 75.6 Å². The van der Waals surface area contributed by atoms with Crippen LogP contribution in [-0.2, 0) is 16.4 Å². The largest absolute Gasteiger partial charge is 0.457 e. The van der Waals surface area contributed by atoms with Crippen molar-refractivity contribution in [1.82, 2.24) is 0 Å². The Morgan fingerprint density at radius 3 is 2.43 bits per heavy atom. The minimum absolute atomic E-state index is 0.258. The highest BCUT2D eigenvalue weighted by Crippen LogP contribution is 2.50. The Bertz CT molecular complexity index is 1030. The van der Waals surface area contributed by atoms with E-state index in [0.29, 0.717) is 6.07 Å². The molecule has 2 aromatic rings. The number of anilines is 1. The molecule has 0 fully saturated rings. The molecule has 3 rings (SSSR count). The highest BCUT2D eigenvalue weighted by atomic mass is 32.2. The molecular weight excluding hydrogens is 416 g/mol. The summed E-state index contributed by atoms with van der Waals surface area (Å²) >= 11 is 0. The van der Waals surface area contributed by atoms with Crippen LogP contribution < -0.4 is 9.46 Å². The molecule has 0 bridgehead atoms. The van der Waals surface area contributed by atoms with Gasteiger partial charge in [-0.05, 0) is 24.3 Å². The summed E-state index contributed by atoms with van der Waals surface area (Å²) in [7, 11) is -5.19. The number of sulfonamides is 1. The van der Waals surface area contributed by atoms with Crippen molar-refractivity contribution in [2.45, 2.75) is 24.2 Å². The number of aliphatic hydroxyl groups is 1. The second-order valence-electron chi connectivity index (χ2n) is 5.93. The van der Waals surface area contributed by atoms with Crippen LogP contribution in [-0.4, -0.2) is 25.2 Å². The summed E-state index contributed by atoms with van der Waals surface area (Å²) in [6.07, 6.45) is -3.58. The molecule has 12 heteroatoms. The van der Waals surface area contributed by atoms with Crippen molar-refractivity contribution in [3.63, 3.8) is 0 Å². The quantitative estimate of drug-likeness (QED) is 0.709. The molecule has 2 aromatic carbocycles. The molecule has 0 radical (unpaired) electrons. The molecule has 28 heavy (non-hydrogen) atoms. The highest BCUT2D eigenvalue weighted by Gasteiger charge is 2.50. The van der Waals surface area contributed by atoms with Gasteiger partial charge in [-0.1, -0.05) is 0 Å². The van der Waals surface area contributed by atoms with Crippen LogP contribution in [0.25, 0.3) is 0 Å². The van der Waals surface area contributed by atoms with Crippen molar-refractivity contribution in [3.05, 3.63) is 53.1 Å². The van der Waals surface area contributed by atoms with E-state index in [2.05, 4.69) is 0 Å². The number of rotatable bonds is 5. The highest BCUT2D eigenvalue weighted by molar-refractivity contribution is 7.93. The van der Waals surface area contributed by atoms with Crippen LogP contribution in [0.15, 0.2) is 30.3 Å². The van der Waals surface area contributed by atoms with E-state index in [1.54, 1.807) is 0 Å². The van der Waals surface area contributed by atoms with Gasteiger partial charge in [0.2, 0.25) is 0 Å². The predicted molar refractivity (Wildman–Crippen MR) is 85.0 cm³/mol. The first-order valence-electron chi connectivity index (χ1n) is 7.57. The van der Waals surface area contributed by atoms with Crippen molar-refractivity contribution >= 4 is 15.7 Å². The first-order chi connectivity index (χ1) is 12.9. The lowest BCUT2D eigenvalue weighted by atomic mass is 10.1. The number of nitrogens with one attached hydrogen (secondary N) is 1. The van der Waals surface area contributed by atoms with Crippen molar-refractivity contribution in [2.75, 3.05) is 4.72 Å². The summed E-state index contributed by atoms with van der Waals surface area (Å²) in [5.41, 5.74) is -1.68.